The fourth-order valence-corrected chi connectivity index (χ4v) is 2.90. The molecule has 19 heavy (non-hydrogen) atoms. The molecule has 1 amide bonds. The Morgan fingerprint density at radius 1 is 1.37 bits per heavy atom. The highest BCUT2D eigenvalue weighted by atomic mass is 79.9. The highest BCUT2D eigenvalue weighted by Gasteiger charge is 2.39. The number of nitrogens with zero attached hydrogens (tertiary/aromatic N) is 1. The molecule has 0 bridgehead atoms. The van der Waals surface area contributed by atoms with Crippen molar-refractivity contribution in [3.63, 3.8) is 0 Å². The van der Waals surface area contributed by atoms with E-state index >= 15 is 0 Å². The van der Waals surface area contributed by atoms with Crippen LogP contribution in [0.5, 0.6) is 0 Å². The topological polar surface area (TPSA) is 52.9 Å². The van der Waals surface area contributed by atoms with E-state index in [-0.39, 0.29) is 5.91 Å². The number of hydrogen-bond acceptors (Lipinski definition) is 2. The molecule has 1 aliphatic carbocycles. The van der Waals surface area contributed by atoms with Gasteiger partial charge >= 0.3 is 0 Å². The first-order chi connectivity index (χ1) is 9.07. The van der Waals surface area contributed by atoms with Crippen LogP contribution in [0.15, 0.2) is 22.7 Å². The number of carbonyl (C=O) groups is 1. The summed E-state index contributed by atoms with van der Waals surface area (Å²) in [6.45, 7) is 0. The third-order valence-corrected chi connectivity index (χ3v) is 4.46. The second-order valence-electron chi connectivity index (χ2n) is 4.83. The smallest absolute Gasteiger partial charge is 0.244 e. The lowest BCUT2D eigenvalue weighted by atomic mass is 9.74. The molecular weight excluding hydrogens is 328 g/mol. The van der Waals surface area contributed by atoms with E-state index in [1.807, 2.05) is 0 Å². The minimum atomic E-state index is -0.889. The monoisotopic (exact) mass is 340 g/mol. The molecule has 2 rings (SSSR count). The van der Waals surface area contributed by atoms with Crippen molar-refractivity contribution in [1.82, 2.24) is 0 Å². The zero-order valence-electron chi connectivity index (χ0n) is 10.4. The molecule has 0 radical (unpaired) electrons. The summed E-state index contributed by atoms with van der Waals surface area (Å²) in [6.07, 6.45) is 4.22. The van der Waals surface area contributed by atoms with Crippen molar-refractivity contribution in [1.29, 1.82) is 5.26 Å². The van der Waals surface area contributed by atoms with E-state index in [1.165, 1.54) is 0 Å². The number of hydrogen-bond donors (Lipinski definition) is 1. The van der Waals surface area contributed by atoms with Crippen LogP contribution in [0.4, 0.5) is 5.69 Å². The summed E-state index contributed by atoms with van der Waals surface area (Å²) in [7, 11) is 0. The normalized spacial score (nSPS) is 17.5. The van der Waals surface area contributed by atoms with E-state index in [9.17, 15) is 10.1 Å². The van der Waals surface area contributed by atoms with Gasteiger partial charge < -0.3 is 5.32 Å². The van der Waals surface area contributed by atoms with Gasteiger partial charge in [-0.1, -0.05) is 30.9 Å². The Hall–Kier alpha value is -1.05. The molecule has 1 saturated carbocycles. The van der Waals surface area contributed by atoms with Gasteiger partial charge in [-0.15, -0.1) is 0 Å². The number of nitriles is 1. The third kappa shape index (κ3) is 3.10. The Morgan fingerprint density at radius 3 is 2.68 bits per heavy atom. The molecule has 100 valence electrons. The minimum absolute atomic E-state index is 0.224. The Balaban J connectivity index is 2.20. The van der Waals surface area contributed by atoms with Gasteiger partial charge in [-0.3, -0.25) is 4.79 Å². The van der Waals surface area contributed by atoms with E-state index in [2.05, 4.69) is 27.3 Å². The van der Waals surface area contributed by atoms with Gasteiger partial charge in [-0.2, -0.15) is 5.26 Å². The van der Waals surface area contributed by atoms with E-state index < -0.39 is 5.41 Å². The van der Waals surface area contributed by atoms with Gasteiger partial charge in [0.25, 0.3) is 0 Å². The number of amides is 1. The van der Waals surface area contributed by atoms with Crippen molar-refractivity contribution >= 4 is 39.1 Å². The SMILES string of the molecule is N#CC1(C(=O)Nc2cc(Cl)ccc2Br)CCCCC1. The molecule has 0 spiro atoms. The lowest BCUT2D eigenvalue weighted by Gasteiger charge is -2.29. The molecule has 5 heteroatoms. The van der Waals surface area contributed by atoms with E-state index in [1.54, 1.807) is 18.2 Å². The Bertz CT molecular complexity index is 533. The fraction of sp³-hybridized carbons (Fsp3) is 0.429. The van der Waals surface area contributed by atoms with Crippen LogP contribution in [0.1, 0.15) is 32.1 Å². The summed E-state index contributed by atoms with van der Waals surface area (Å²) in [4.78, 5) is 12.4. The number of nitrogens with one attached hydrogen (secondary N) is 1. The summed E-state index contributed by atoms with van der Waals surface area (Å²) in [5.41, 5.74) is -0.280. The molecule has 1 N–H and O–H groups in total. The minimum Gasteiger partial charge on any atom is -0.324 e. The van der Waals surface area contributed by atoms with Crippen molar-refractivity contribution in [2.45, 2.75) is 32.1 Å². The maximum atomic E-state index is 12.4. The lowest BCUT2D eigenvalue weighted by molar-refractivity contribution is -0.124. The van der Waals surface area contributed by atoms with Crippen LogP contribution in [0.25, 0.3) is 0 Å². The van der Waals surface area contributed by atoms with Gasteiger partial charge in [0.15, 0.2) is 0 Å². The maximum Gasteiger partial charge on any atom is 0.244 e. The molecule has 0 unspecified atom stereocenters. The third-order valence-electron chi connectivity index (χ3n) is 3.53. The number of benzene rings is 1. The predicted molar refractivity (Wildman–Crippen MR) is 78.9 cm³/mol. The van der Waals surface area contributed by atoms with Crippen molar-refractivity contribution in [2.75, 3.05) is 5.32 Å². The molecule has 3 nitrogen and oxygen atoms in total. The molecule has 1 fully saturated rings. The van der Waals surface area contributed by atoms with Crippen LogP contribution >= 0.6 is 27.5 Å². The van der Waals surface area contributed by atoms with E-state index in [0.717, 1.165) is 23.7 Å². The number of halogens is 2. The predicted octanol–water partition coefficient (Wildman–Crippen LogP) is 4.52. The summed E-state index contributed by atoms with van der Waals surface area (Å²) >= 11 is 9.28. The summed E-state index contributed by atoms with van der Waals surface area (Å²) in [5.74, 6) is -0.224. The molecule has 0 aromatic heterocycles. The Kier molecular flexibility index (Phi) is 4.49. The second kappa shape index (κ2) is 5.94. The standard InChI is InChI=1S/C14H14BrClN2O/c15-11-5-4-10(16)8-12(11)18-13(19)14(9-17)6-2-1-3-7-14/h4-5,8H,1-3,6-7H2,(H,18,19). The van der Waals surface area contributed by atoms with Crippen LogP contribution in [-0.4, -0.2) is 5.91 Å². The molecule has 0 heterocycles. The average Bonchev–Trinajstić information content (AvgIpc) is 2.43. The van der Waals surface area contributed by atoms with Crippen LogP contribution in [0.3, 0.4) is 0 Å². The number of anilines is 1. The van der Waals surface area contributed by atoms with E-state index in [4.69, 9.17) is 11.6 Å². The average molecular weight is 342 g/mol. The van der Waals surface area contributed by atoms with Gasteiger partial charge in [0.2, 0.25) is 5.91 Å². The van der Waals surface area contributed by atoms with Crippen molar-refractivity contribution < 1.29 is 4.79 Å². The van der Waals surface area contributed by atoms with Crippen LogP contribution < -0.4 is 5.32 Å². The van der Waals surface area contributed by atoms with Crippen molar-refractivity contribution in [3.8, 4) is 6.07 Å². The molecule has 1 aromatic rings. The molecule has 0 aliphatic heterocycles. The number of carbonyl (C=O) groups excluding carboxylic acids is 1. The quantitative estimate of drug-likeness (QED) is 0.860. The zero-order valence-corrected chi connectivity index (χ0v) is 12.7. The van der Waals surface area contributed by atoms with Crippen LogP contribution in [-0.2, 0) is 4.79 Å². The van der Waals surface area contributed by atoms with Crippen LogP contribution in [0.2, 0.25) is 5.02 Å². The van der Waals surface area contributed by atoms with Gasteiger partial charge in [-0.05, 0) is 47.0 Å². The Morgan fingerprint density at radius 2 is 2.05 bits per heavy atom. The summed E-state index contributed by atoms with van der Waals surface area (Å²) < 4.78 is 0.758. The number of rotatable bonds is 2. The highest BCUT2D eigenvalue weighted by molar-refractivity contribution is 9.10. The molecule has 0 atom stereocenters. The fourth-order valence-electron chi connectivity index (χ4n) is 2.38. The molecular formula is C14H14BrClN2O. The maximum absolute atomic E-state index is 12.4. The van der Waals surface area contributed by atoms with Crippen molar-refractivity contribution in [3.05, 3.63) is 27.7 Å². The van der Waals surface area contributed by atoms with E-state index in [0.29, 0.717) is 23.6 Å². The van der Waals surface area contributed by atoms with Gasteiger partial charge in [0, 0.05) is 9.50 Å². The van der Waals surface area contributed by atoms with Gasteiger partial charge in [-0.25, -0.2) is 0 Å². The first kappa shape index (κ1) is 14.4. The summed E-state index contributed by atoms with van der Waals surface area (Å²) in [6, 6.07) is 7.40. The first-order valence-corrected chi connectivity index (χ1v) is 7.42. The molecule has 0 saturated heterocycles. The largest absolute Gasteiger partial charge is 0.324 e. The second-order valence-corrected chi connectivity index (χ2v) is 6.12. The molecule has 1 aliphatic rings. The van der Waals surface area contributed by atoms with Crippen molar-refractivity contribution in [2.24, 2.45) is 5.41 Å². The molecule has 1 aromatic carbocycles. The lowest BCUT2D eigenvalue weighted by Crippen LogP contribution is -2.36. The van der Waals surface area contributed by atoms with Gasteiger partial charge in [0.1, 0.15) is 5.41 Å². The zero-order chi connectivity index (χ0) is 13.9. The van der Waals surface area contributed by atoms with Gasteiger partial charge in [0.05, 0.1) is 11.8 Å². The summed E-state index contributed by atoms with van der Waals surface area (Å²) in [5, 5.41) is 12.7. The van der Waals surface area contributed by atoms with Crippen LogP contribution in [0, 0.1) is 16.7 Å². The Labute approximate surface area is 126 Å². The highest BCUT2D eigenvalue weighted by Crippen LogP contribution is 2.37. The first-order valence-electron chi connectivity index (χ1n) is 6.25.